The third-order valence-electron chi connectivity index (χ3n) is 8.88. The van der Waals surface area contributed by atoms with Crippen LogP contribution in [0.15, 0.2) is 69.6 Å². The molecular weight excluding hydrogens is 654 g/mol. The Hall–Kier alpha value is -5.20. The highest BCUT2D eigenvalue weighted by Crippen LogP contribution is 2.44. The van der Waals surface area contributed by atoms with Crippen LogP contribution in [0.5, 0.6) is 11.5 Å². The van der Waals surface area contributed by atoms with Crippen LogP contribution >= 0.6 is 0 Å². The van der Waals surface area contributed by atoms with E-state index in [2.05, 4.69) is 15.0 Å². The first-order valence-corrected chi connectivity index (χ1v) is 15.6. The minimum atomic E-state index is -1.83. The van der Waals surface area contributed by atoms with Gasteiger partial charge in [0.15, 0.2) is 35.4 Å². The maximum atomic E-state index is 14.0. The number of ether oxygens (including phenoxy) is 3. The zero-order valence-electron chi connectivity index (χ0n) is 26.1. The molecule has 3 aromatic carbocycles. The summed E-state index contributed by atoms with van der Waals surface area (Å²) in [5.74, 6) is -2.35. The molecule has 3 aromatic rings. The van der Waals surface area contributed by atoms with Crippen LogP contribution in [-0.4, -0.2) is 118 Å². The Balaban J connectivity index is 1.38. The van der Waals surface area contributed by atoms with Crippen molar-refractivity contribution in [2.45, 2.75) is 37.1 Å². The molecule has 6 atom stereocenters. The highest BCUT2D eigenvalue weighted by molar-refractivity contribution is 6.66. The third-order valence-corrected chi connectivity index (χ3v) is 8.88. The van der Waals surface area contributed by atoms with Crippen molar-refractivity contribution in [3.8, 4) is 11.5 Å². The van der Waals surface area contributed by atoms with Gasteiger partial charge in [0.25, 0.3) is 5.84 Å². The quantitative estimate of drug-likeness (QED) is 0.0981. The molecule has 4 aliphatic rings. The van der Waals surface area contributed by atoms with E-state index in [0.717, 1.165) is 0 Å². The second kappa shape index (κ2) is 13.3. The second-order valence-electron chi connectivity index (χ2n) is 11.9. The van der Waals surface area contributed by atoms with Gasteiger partial charge in [0.1, 0.15) is 36.7 Å². The first kappa shape index (κ1) is 33.3. The number of carbonyl (C=O) groups excluding carboxylic acids is 2. The highest BCUT2D eigenvalue weighted by atomic mass is 16.7. The van der Waals surface area contributed by atoms with Crippen LogP contribution in [0, 0.1) is 5.41 Å². The lowest BCUT2D eigenvalue weighted by atomic mass is 9.81. The predicted octanol–water partition coefficient (Wildman–Crippen LogP) is -2.36. The molecule has 0 spiro atoms. The van der Waals surface area contributed by atoms with Gasteiger partial charge in [-0.15, -0.1) is 0 Å². The zero-order chi connectivity index (χ0) is 35.3. The number of amidine groups is 1. The lowest BCUT2D eigenvalue weighted by Gasteiger charge is -2.40. The molecule has 1 saturated heterocycles. The van der Waals surface area contributed by atoms with E-state index in [4.69, 9.17) is 19.6 Å². The Bertz CT molecular complexity index is 2010. The molecule has 0 radical (unpaired) electrons. The Morgan fingerprint density at radius 3 is 2.36 bits per heavy atom. The lowest BCUT2D eigenvalue weighted by molar-refractivity contribution is -0.723. The van der Waals surface area contributed by atoms with E-state index >= 15 is 0 Å². The lowest BCUT2D eigenvalue weighted by Crippen LogP contribution is -3.09. The van der Waals surface area contributed by atoms with Gasteiger partial charge >= 0.3 is 0 Å². The topological polar surface area (TPSA) is 251 Å². The van der Waals surface area contributed by atoms with Crippen LogP contribution in [0.2, 0.25) is 0 Å². The fourth-order valence-electron chi connectivity index (χ4n) is 6.49. The van der Waals surface area contributed by atoms with Crippen LogP contribution in [-0.2, 0) is 11.2 Å². The summed E-state index contributed by atoms with van der Waals surface area (Å²) in [5, 5.41) is 71.7. The standard InChI is InChI=1S/C34H31N5O11/c35-34-37-31-23(32(47)38-34)36-14-39(31)20-8-4-1-5-15(20)11-16-12-19-22(25(43)18-7-3-2-6-17(18)24(19)42)30(48-10-9-40)29(16)50-33-28(46)27(45)26(44)21(13-41)49-33/h1-8,12,21,26-28,33,40-41,44-46H,9-11,13-14H2,(H2,35,38,47)/t21-,26-,27+,28-,33-/m0/s1. The largest absolute Gasteiger partial charge is 0.857 e. The van der Waals surface area contributed by atoms with Crippen LogP contribution in [0.1, 0.15) is 43.0 Å². The number of para-hydroxylation sites is 1. The summed E-state index contributed by atoms with van der Waals surface area (Å²) < 4.78 is 17.8. The number of fused-ring (bicyclic) bond motifs is 3. The molecule has 3 heterocycles. The Labute approximate surface area is 283 Å². The average molecular weight is 686 g/mol. The fourth-order valence-corrected chi connectivity index (χ4v) is 6.49. The molecule has 0 amide bonds. The minimum Gasteiger partial charge on any atom is -0.857 e. The molecule has 1 aliphatic carbocycles. The molecule has 16 heteroatoms. The first-order valence-electron chi connectivity index (χ1n) is 15.6. The number of quaternary nitrogens is 1. The summed E-state index contributed by atoms with van der Waals surface area (Å²) in [6, 6.07) is 14.8. The molecule has 258 valence electrons. The number of hydrogen-bond donors (Lipinski definition) is 7. The summed E-state index contributed by atoms with van der Waals surface area (Å²) in [7, 11) is 0. The number of guanidine groups is 1. The number of ketones is 2. The number of rotatable bonds is 9. The van der Waals surface area contributed by atoms with Crippen LogP contribution < -0.4 is 19.5 Å². The van der Waals surface area contributed by atoms with E-state index in [0.29, 0.717) is 16.2 Å². The van der Waals surface area contributed by atoms with E-state index < -0.39 is 67.3 Å². The number of aliphatic hydroxyl groups excluding tert-OH is 5. The van der Waals surface area contributed by atoms with Gasteiger partial charge in [-0.25, -0.2) is 14.9 Å². The van der Waals surface area contributed by atoms with Crippen molar-refractivity contribution in [2.75, 3.05) is 26.5 Å². The van der Waals surface area contributed by atoms with Crippen LogP contribution in [0.25, 0.3) is 0 Å². The Morgan fingerprint density at radius 2 is 1.62 bits per heavy atom. The molecule has 1 fully saturated rings. The van der Waals surface area contributed by atoms with Crippen molar-refractivity contribution >= 4 is 40.7 Å². The van der Waals surface area contributed by atoms with Gasteiger partial charge in [-0.1, -0.05) is 42.5 Å². The van der Waals surface area contributed by atoms with Crippen molar-refractivity contribution < 1.29 is 59.3 Å². The SMILES string of the molecule is N=C1N=C([O-])C2=NC[NH+](c3ccccc3Cc3cc4c(c(OCCO)c3O[C@@H]3O[C@@H](CO)[C@H](O)[C@@H](O)[C@@H]3O)C(=O)c3ccccc3C4=O)C2=N1. The summed E-state index contributed by atoms with van der Waals surface area (Å²) in [5.41, 5.74) is 1.64. The zero-order valence-corrected chi connectivity index (χ0v) is 26.1. The molecule has 16 nitrogen and oxygen atoms in total. The molecule has 0 aromatic heterocycles. The number of benzene rings is 3. The number of aliphatic imine (C=N–C) groups is 3. The summed E-state index contributed by atoms with van der Waals surface area (Å²) >= 11 is 0. The maximum absolute atomic E-state index is 14.0. The van der Waals surface area contributed by atoms with Gasteiger partial charge in [-0.05, 0) is 12.1 Å². The van der Waals surface area contributed by atoms with Gasteiger partial charge in [0.05, 0.1) is 18.8 Å². The summed E-state index contributed by atoms with van der Waals surface area (Å²) in [6.45, 7) is -1.47. The van der Waals surface area contributed by atoms with Crippen LogP contribution in [0.3, 0.4) is 0 Å². The molecule has 50 heavy (non-hydrogen) atoms. The van der Waals surface area contributed by atoms with Gasteiger partial charge < -0.3 is 44.8 Å². The number of nitrogens with one attached hydrogen (secondary N) is 2. The van der Waals surface area contributed by atoms with E-state index in [1.165, 1.54) is 18.2 Å². The van der Waals surface area contributed by atoms with Crippen molar-refractivity contribution in [2.24, 2.45) is 15.0 Å². The number of aliphatic hydroxyl groups is 5. The normalized spacial score (nSPS) is 25.6. The molecule has 7 rings (SSSR count). The predicted molar refractivity (Wildman–Crippen MR) is 171 cm³/mol. The van der Waals surface area contributed by atoms with Gasteiger partial charge in [0, 0.05) is 40.1 Å². The third kappa shape index (κ3) is 5.58. The fraction of sp³-hybridized carbons (Fsp3) is 0.294. The smallest absolute Gasteiger partial charge is 0.262 e. The van der Waals surface area contributed by atoms with Gasteiger partial charge in [-0.2, -0.15) is 4.99 Å². The van der Waals surface area contributed by atoms with Crippen molar-refractivity contribution in [1.82, 2.24) is 0 Å². The van der Waals surface area contributed by atoms with E-state index in [1.807, 2.05) is 0 Å². The van der Waals surface area contributed by atoms with E-state index in [1.54, 1.807) is 36.4 Å². The monoisotopic (exact) mass is 685 g/mol. The number of carbonyl (C=O) groups is 2. The van der Waals surface area contributed by atoms with Crippen molar-refractivity contribution in [3.05, 3.63) is 88.0 Å². The van der Waals surface area contributed by atoms with E-state index in [9.17, 15) is 40.2 Å². The van der Waals surface area contributed by atoms with Crippen LogP contribution in [0.4, 0.5) is 5.69 Å². The highest BCUT2D eigenvalue weighted by Gasteiger charge is 2.46. The molecule has 1 unspecified atom stereocenters. The summed E-state index contributed by atoms with van der Waals surface area (Å²) in [6.07, 6.45) is -8.34. The van der Waals surface area contributed by atoms with Crippen molar-refractivity contribution in [3.63, 3.8) is 0 Å². The molecule has 0 bridgehead atoms. The first-order chi connectivity index (χ1) is 24.1. The number of nitrogens with zero attached hydrogens (tertiary/aromatic N) is 3. The molecule has 0 saturated carbocycles. The van der Waals surface area contributed by atoms with Gasteiger partial charge in [0.2, 0.25) is 12.2 Å². The Kier molecular flexibility index (Phi) is 8.83. The van der Waals surface area contributed by atoms with Crippen molar-refractivity contribution in [1.29, 1.82) is 5.41 Å². The minimum absolute atomic E-state index is 0.00766. The second-order valence-corrected chi connectivity index (χ2v) is 11.9. The maximum Gasteiger partial charge on any atom is 0.262 e. The van der Waals surface area contributed by atoms with Gasteiger partial charge in [-0.3, -0.25) is 15.0 Å². The average Bonchev–Trinajstić information content (AvgIpc) is 3.54. The van der Waals surface area contributed by atoms with E-state index in [-0.39, 0.29) is 70.6 Å². The molecule has 7 N–H and O–H groups in total. The Morgan fingerprint density at radius 1 is 0.900 bits per heavy atom. The molecular formula is C34H31N5O11. The summed E-state index contributed by atoms with van der Waals surface area (Å²) in [4.78, 5) is 40.5. The molecule has 3 aliphatic heterocycles. The number of hydrogen-bond acceptors (Lipinski definition) is 13.